The highest BCUT2D eigenvalue weighted by atomic mass is 32.2. The standard InChI is InChI=1S/C21H29N3O3S/c1-13-11-16(14(2)23-28(26)21(3,4)5)18-17(12-13)20(25)24(6)19(22-18)15-7-9-27-10-8-15/h11-12,15H,7-10H2,1-6H3. The molecule has 0 aliphatic carbocycles. The summed E-state index contributed by atoms with van der Waals surface area (Å²) >= 11 is -1.38. The normalized spacial score (nSPS) is 17.9. The van der Waals surface area contributed by atoms with Gasteiger partial charge in [-0.2, -0.15) is 0 Å². The highest BCUT2D eigenvalue weighted by molar-refractivity contribution is 7.91. The molecular weight excluding hydrogens is 374 g/mol. The summed E-state index contributed by atoms with van der Waals surface area (Å²) in [4.78, 5) is 18.0. The van der Waals surface area contributed by atoms with Crippen LogP contribution in [0.5, 0.6) is 0 Å². The van der Waals surface area contributed by atoms with E-state index in [0.29, 0.717) is 29.8 Å². The molecule has 0 amide bonds. The smallest absolute Gasteiger partial charge is 0.261 e. The van der Waals surface area contributed by atoms with Crippen molar-refractivity contribution in [3.8, 4) is 0 Å². The first-order valence-electron chi connectivity index (χ1n) is 9.66. The second-order valence-corrected chi connectivity index (χ2v) is 10.4. The number of hydrogen-bond donors (Lipinski definition) is 0. The maximum absolute atomic E-state index is 13.1. The van der Waals surface area contributed by atoms with Gasteiger partial charge >= 0.3 is 0 Å². The number of fused-ring (bicyclic) bond motifs is 1. The molecule has 6 nitrogen and oxygen atoms in total. The minimum atomic E-state index is -1.38. The Morgan fingerprint density at radius 1 is 1.32 bits per heavy atom. The average molecular weight is 404 g/mol. The number of aromatic nitrogens is 2. The van der Waals surface area contributed by atoms with Crippen molar-refractivity contribution >= 4 is 28.0 Å². The molecule has 0 saturated carbocycles. The third-order valence-electron chi connectivity index (χ3n) is 5.08. The van der Waals surface area contributed by atoms with Crippen molar-refractivity contribution in [2.24, 2.45) is 11.4 Å². The zero-order chi connectivity index (χ0) is 20.6. The highest BCUT2D eigenvalue weighted by Crippen LogP contribution is 2.27. The van der Waals surface area contributed by atoms with Gasteiger partial charge in [-0.05, 0) is 65.2 Å². The fraction of sp³-hybridized carbons (Fsp3) is 0.571. The Kier molecular flexibility index (Phi) is 5.98. The number of rotatable bonds is 3. The van der Waals surface area contributed by atoms with E-state index >= 15 is 0 Å². The molecule has 1 saturated heterocycles. The van der Waals surface area contributed by atoms with Crippen LogP contribution < -0.4 is 5.56 Å². The van der Waals surface area contributed by atoms with Crippen molar-refractivity contribution in [2.75, 3.05) is 13.2 Å². The first kappa shape index (κ1) is 21.0. The van der Waals surface area contributed by atoms with Gasteiger partial charge in [-0.15, -0.1) is 0 Å². The summed E-state index contributed by atoms with van der Waals surface area (Å²) in [5.74, 6) is 0.988. The van der Waals surface area contributed by atoms with E-state index < -0.39 is 16.1 Å². The van der Waals surface area contributed by atoms with Gasteiger partial charge < -0.3 is 9.29 Å². The van der Waals surface area contributed by atoms with Crippen molar-refractivity contribution in [2.45, 2.75) is 58.1 Å². The maximum atomic E-state index is 13.1. The molecule has 0 bridgehead atoms. The monoisotopic (exact) mass is 403 g/mol. The highest BCUT2D eigenvalue weighted by Gasteiger charge is 2.28. The lowest BCUT2D eigenvalue weighted by atomic mass is 9.98. The van der Waals surface area contributed by atoms with E-state index in [1.165, 1.54) is 0 Å². The number of aryl methyl sites for hydroxylation is 1. The summed E-state index contributed by atoms with van der Waals surface area (Å²) in [7, 11) is 1.79. The van der Waals surface area contributed by atoms with Gasteiger partial charge in [0.05, 0.1) is 16.6 Å². The van der Waals surface area contributed by atoms with E-state index in [9.17, 15) is 9.35 Å². The molecule has 28 heavy (non-hydrogen) atoms. The van der Waals surface area contributed by atoms with Crippen LogP contribution in [0.2, 0.25) is 0 Å². The molecule has 1 fully saturated rings. The zero-order valence-corrected chi connectivity index (χ0v) is 18.4. The third-order valence-corrected chi connectivity index (χ3v) is 6.57. The number of ether oxygens (including phenoxy) is 1. The van der Waals surface area contributed by atoms with E-state index in [0.717, 1.165) is 29.8 Å². The summed E-state index contributed by atoms with van der Waals surface area (Å²) in [6.07, 6.45) is 1.71. The van der Waals surface area contributed by atoms with Crippen LogP contribution in [0.25, 0.3) is 10.9 Å². The molecule has 1 unspecified atom stereocenters. The van der Waals surface area contributed by atoms with Gasteiger partial charge in [-0.1, -0.05) is 4.40 Å². The van der Waals surface area contributed by atoms with Crippen molar-refractivity contribution in [3.05, 3.63) is 39.4 Å². The van der Waals surface area contributed by atoms with Gasteiger partial charge in [-0.3, -0.25) is 9.36 Å². The van der Waals surface area contributed by atoms with Gasteiger partial charge in [0.15, 0.2) is 0 Å². The van der Waals surface area contributed by atoms with Crippen LogP contribution in [-0.4, -0.2) is 37.8 Å². The lowest BCUT2D eigenvalue weighted by molar-refractivity contribution is 0.0828. The van der Waals surface area contributed by atoms with Gasteiger partial charge in [0, 0.05) is 31.7 Å². The van der Waals surface area contributed by atoms with Crippen LogP contribution in [-0.2, 0) is 23.1 Å². The van der Waals surface area contributed by atoms with Crippen LogP contribution in [0.1, 0.15) is 63.4 Å². The minimum Gasteiger partial charge on any atom is -0.591 e. The molecule has 152 valence electrons. The molecule has 0 spiro atoms. The van der Waals surface area contributed by atoms with Gasteiger partial charge in [0.2, 0.25) is 0 Å². The molecule has 1 aromatic carbocycles. The van der Waals surface area contributed by atoms with Crippen LogP contribution >= 0.6 is 0 Å². The van der Waals surface area contributed by atoms with E-state index in [-0.39, 0.29) is 11.5 Å². The fourth-order valence-corrected chi connectivity index (χ4v) is 4.06. The Morgan fingerprint density at radius 3 is 2.57 bits per heavy atom. The first-order chi connectivity index (χ1) is 13.1. The fourth-order valence-electron chi connectivity index (χ4n) is 3.44. The molecule has 2 heterocycles. The van der Waals surface area contributed by atoms with E-state index in [4.69, 9.17) is 9.72 Å². The van der Waals surface area contributed by atoms with Gasteiger partial charge in [0.1, 0.15) is 21.9 Å². The van der Waals surface area contributed by atoms with E-state index in [1.807, 2.05) is 46.8 Å². The summed E-state index contributed by atoms with van der Waals surface area (Å²) < 4.78 is 23.6. The van der Waals surface area contributed by atoms with Crippen LogP contribution in [0, 0.1) is 6.92 Å². The molecule has 1 aliphatic heterocycles. The Labute approximate surface area is 169 Å². The molecule has 1 aliphatic rings. The molecule has 0 radical (unpaired) electrons. The molecule has 2 aromatic rings. The lowest BCUT2D eigenvalue weighted by Gasteiger charge is -2.24. The quantitative estimate of drug-likeness (QED) is 0.581. The Bertz CT molecular complexity index is 969. The van der Waals surface area contributed by atoms with E-state index in [2.05, 4.69) is 4.40 Å². The predicted molar refractivity (Wildman–Crippen MR) is 115 cm³/mol. The van der Waals surface area contributed by atoms with E-state index in [1.54, 1.807) is 11.6 Å². The summed E-state index contributed by atoms with van der Waals surface area (Å²) in [5.41, 5.74) is 2.96. The number of benzene rings is 1. The van der Waals surface area contributed by atoms with Gasteiger partial charge in [0.25, 0.3) is 5.56 Å². The molecule has 7 heteroatoms. The molecule has 1 atom stereocenters. The Hall–Kier alpha value is -1.70. The number of hydrogen-bond acceptors (Lipinski definition) is 5. The molecule has 1 aromatic heterocycles. The molecular formula is C21H29N3O3S. The first-order valence-corrected chi connectivity index (χ1v) is 10.8. The van der Waals surface area contributed by atoms with Crippen molar-refractivity contribution in [3.63, 3.8) is 0 Å². The predicted octanol–water partition coefficient (Wildman–Crippen LogP) is 3.41. The number of nitrogens with zero attached hydrogens (tertiary/aromatic N) is 3. The maximum Gasteiger partial charge on any atom is 0.261 e. The second kappa shape index (κ2) is 7.97. The van der Waals surface area contributed by atoms with Crippen molar-refractivity contribution in [1.82, 2.24) is 9.55 Å². The minimum absolute atomic E-state index is 0.0545. The zero-order valence-electron chi connectivity index (χ0n) is 17.5. The average Bonchev–Trinajstić information content (AvgIpc) is 2.64. The van der Waals surface area contributed by atoms with Crippen molar-refractivity contribution in [1.29, 1.82) is 0 Å². The third kappa shape index (κ3) is 4.16. The Morgan fingerprint density at radius 2 is 1.96 bits per heavy atom. The van der Waals surface area contributed by atoms with Crippen LogP contribution in [0.3, 0.4) is 0 Å². The van der Waals surface area contributed by atoms with Crippen LogP contribution in [0.15, 0.2) is 21.3 Å². The van der Waals surface area contributed by atoms with Crippen molar-refractivity contribution < 1.29 is 9.29 Å². The lowest BCUT2D eigenvalue weighted by Crippen LogP contribution is -2.28. The van der Waals surface area contributed by atoms with Crippen LogP contribution in [0.4, 0.5) is 0 Å². The Balaban J connectivity index is 2.21. The summed E-state index contributed by atoms with van der Waals surface area (Å²) in [6.45, 7) is 10.8. The largest absolute Gasteiger partial charge is 0.591 e. The SMILES string of the molecule is CC(=N[S+]([O-])C(C)(C)C)c1cc(C)cc2c(=O)n(C)c(C3CCOCC3)nc12. The van der Waals surface area contributed by atoms with Gasteiger partial charge in [-0.25, -0.2) is 4.98 Å². The topological polar surface area (TPSA) is 79.5 Å². The summed E-state index contributed by atoms with van der Waals surface area (Å²) in [6, 6.07) is 3.84. The second-order valence-electron chi connectivity index (χ2n) is 8.47. The molecule has 0 N–H and O–H groups in total. The summed E-state index contributed by atoms with van der Waals surface area (Å²) in [5, 5.41) is 0.574. The molecule has 3 rings (SSSR count).